The third-order valence-corrected chi connectivity index (χ3v) is 2.47. The van der Waals surface area contributed by atoms with Gasteiger partial charge < -0.3 is 19.7 Å². The van der Waals surface area contributed by atoms with Gasteiger partial charge in [0, 0.05) is 11.8 Å². The lowest BCUT2D eigenvalue weighted by atomic mass is 10.3. The molecule has 6 nitrogen and oxygen atoms in total. The van der Waals surface area contributed by atoms with Gasteiger partial charge in [-0.2, -0.15) is 0 Å². The zero-order valence-electron chi connectivity index (χ0n) is 11.3. The van der Waals surface area contributed by atoms with Gasteiger partial charge >= 0.3 is 5.97 Å². The van der Waals surface area contributed by atoms with E-state index in [2.05, 4.69) is 10.5 Å². The second kappa shape index (κ2) is 6.10. The van der Waals surface area contributed by atoms with E-state index in [1.54, 1.807) is 0 Å². The van der Waals surface area contributed by atoms with E-state index in [0.717, 1.165) is 11.4 Å². The summed E-state index contributed by atoms with van der Waals surface area (Å²) < 4.78 is 10.4. The molecule has 6 heteroatoms. The number of carbonyl (C=O) groups is 1. The SMILES string of the molecule is CC(C)Oc1ccc(NCc2cc(C(=O)O)no2)cc1. The lowest BCUT2D eigenvalue weighted by molar-refractivity contribution is 0.0685. The van der Waals surface area contributed by atoms with Crippen molar-refractivity contribution >= 4 is 11.7 Å². The molecule has 0 atom stereocenters. The van der Waals surface area contributed by atoms with Crippen LogP contribution < -0.4 is 10.1 Å². The standard InChI is InChI=1S/C14H16N2O4/c1-9(2)19-11-5-3-10(4-6-11)15-8-12-7-13(14(17)18)16-20-12/h3-7,9,15H,8H2,1-2H3,(H,17,18). The minimum absolute atomic E-state index is 0.0949. The zero-order chi connectivity index (χ0) is 14.5. The van der Waals surface area contributed by atoms with Gasteiger partial charge in [0.2, 0.25) is 0 Å². The van der Waals surface area contributed by atoms with Crippen LogP contribution in [0, 0.1) is 0 Å². The molecule has 0 aliphatic heterocycles. The Morgan fingerprint density at radius 2 is 2.10 bits per heavy atom. The van der Waals surface area contributed by atoms with Gasteiger partial charge in [-0.3, -0.25) is 0 Å². The van der Waals surface area contributed by atoms with Crippen LogP contribution in [0.2, 0.25) is 0 Å². The first kappa shape index (κ1) is 13.9. The number of ether oxygens (including phenoxy) is 1. The molecule has 0 saturated carbocycles. The highest BCUT2D eigenvalue weighted by Crippen LogP contribution is 2.17. The molecule has 1 aromatic heterocycles. The molecule has 20 heavy (non-hydrogen) atoms. The number of hydrogen-bond donors (Lipinski definition) is 2. The van der Waals surface area contributed by atoms with Gasteiger partial charge in [0.25, 0.3) is 0 Å². The van der Waals surface area contributed by atoms with E-state index in [9.17, 15) is 4.79 Å². The number of carboxylic acids is 1. The molecule has 0 aliphatic rings. The fourth-order valence-corrected chi connectivity index (χ4v) is 1.61. The molecular weight excluding hydrogens is 260 g/mol. The average Bonchev–Trinajstić information content (AvgIpc) is 2.86. The van der Waals surface area contributed by atoms with Gasteiger partial charge in [-0.1, -0.05) is 5.16 Å². The lowest BCUT2D eigenvalue weighted by Crippen LogP contribution is -2.05. The van der Waals surface area contributed by atoms with E-state index < -0.39 is 5.97 Å². The van der Waals surface area contributed by atoms with Crippen LogP contribution >= 0.6 is 0 Å². The number of nitrogens with one attached hydrogen (secondary N) is 1. The zero-order valence-corrected chi connectivity index (χ0v) is 11.3. The van der Waals surface area contributed by atoms with Crippen molar-refractivity contribution < 1.29 is 19.2 Å². The number of aromatic carboxylic acids is 1. The number of anilines is 1. The third-order valence-electron chi connectivity index (χ3n) is 2.47. The van der Waals surface area contributed by atoms with Crippen LogP contribution in [0.25, 0.3) is 0 Å². The second-order valence-electron chi connectivity index (χ2n) is 4.53. The summed E-state index contributed by atoms with van der Waals surface area (Å²) in [5.74, 6) is 0.165. The maximum absolute atomic E-state index is 10.7. The van der Waals surface area contributed by atoms with Gasteiger partial charge in [-0.15, -0.1) is 0 Å². The van der Waals surface area contributed by atoms with E-state index >= 15 is 0 Å². The molecule has 1 heterocycles. The number of nitrogens with zero attached hydrogens (tertiary/aromatic N) is 1. The van der Waals surface area contributed by atoms with Gasteiger partial charge in [-0.25, -0.2) is 4.79 Å². The topological polar surface area (TPSA) is 84.6 Å². The predicted octanol–water partition coefficient (Wildman–Crippen LogP) is 2.77. The molecule has 0 aliphatic carbocycles. The molecule has 2 aromatic rings. The van der Waals surface area contributed by atoms with Crippen molar-refractivity contribution in [3.8, 4) is 5.75 Å². The molecule has 0 amide bonds. The van der Waals surface area contributed by atoms with Crippen molar-refractivity contribution in [3.05, 3.63) is 41.8 Å². The van der Waals surface area contributed by atoms with E-state index in [-0.39, 0.29) is 11.8 Å². The van der Waals surface area contributed by atoms with Crippen LogP contribution in [0.4, 0.5) is 5.69 Å². The predicted molar refractivity (Wildman–Crippen MR) is 73.0 cm³/mol. The number of benzene rings is 1. The lowest BCUT2D eigenvalue weighted by Gasteiger charge is -2.10. The molecule has 0 spiro atoms. The van der Waals surface area contributed by atoms with E-state index in [1.165, 1.54) is 6.07 Å². The minimum atomic E-state index is -1.10. The Bertz CT molecular complexity index is 575. The molecule has 0 unspecified atom stereocenters. The molecular formula is C14H16N2O4. The van der Waals surface area contributed by atoms with Crippen LogP contribution in [0.1, 0.15) is 30.1 Å². The van der Waals surface area contributed by atoms with Crippen molar-refractivity contribution in [3.63, 3.8) is 0 Å². The fourth-order valence-electron chi connectivity index (χ4n) is 1.61. The molecule has 2 N–H and O–H groups in total. The molecule has 0 bridgehead atoms. The van der Waals surface area contributed by atoms with Crippen LogP contribution in [0.15, 0.2) is 34.9 Å². The van der Waals surface area contributed by atoms with E-state index in [1.807, 2.05) is 38.1 Å². The number of carboxylic acid groups (broad SMARTS) is 1. The highest BCUT2D eigenvalue weighted by atomic mass is 16.5. The summed E-state index contributed by atoms with van der Waals surface area (Å²) in [5, 5.41) is 15.3. The Kier molecular flexibility index (Phi) is 4.24. The summed E-state index contributed by atoms with van der Waals surface area (Å²) in [4.78, 5) is 10.7. The first-order valence-corrected chi connectivity index (χ1v) is 6.24. The normalized spacial score (nSPS) is 10.6. The smallest absolute Gasteiger partial charge is 0.358 e. The minimum Gasteiger partial charge on any atom is -0.491 e. The number of aromatic nitrogens is 1. The van der Waals surface area contributed by atoms with Crippen molar-refractivity contribution in [2.45, 2.75) is 26.5 Å². The highest BCUT2D eigenvalue weighted by Gasteiger charge is 2.10. The number of rotatable bonds is 6. The molecule has 106 valence electrons. The van der Waals surface area contributed by atoms with Gasteiger partial charge in [0.15, 0.2) is 11.5 Å². The van der Waals surface area contributed by atoms with Crippen molar-refractivity contribution in [1.29, 1.82) is 0 Å². The Labute approximate surface area is 116 Å². The average molecular weight is 276 g/mol. The van der Waals surface area contributed by atoms with Crippen molar-refractivity contribution in [2.24, 2.45) is 0 Å². The van der Waals surface area contributed by atoms with Crippen LogP contribution in [0.3, 0.4) is 0 Å². The van der Waals surface area contributed by atoms with Crippen LogP contribution in [0.5, 0.6) is 5.75 Å². The maximum atomic E-state index is 10.7. The largest absolute Gasteiger partial charge is 0.491 e. The first-order valence-electron chi connectivity index (χ1n) is 6.24. The summed E-state index contributed by atoms with van der Waals surface area (Å²) in [6.07, 6.45) is 0.137. The molecule has 1 aromatic carbocycles. The van der Waals surface area contributed by atoms with E-state index in [4.69, 9.17) is 14.4 Å². The second-order valence-corrected chi connectivity index (χ2v) is 4.53. The number of hydrogen-bond acceptors (Lipinski definition) is 5. The summed E-state index contributed by atoms with van der Waals surface area (Å²) in [6.45, 7) is 4.30. The summed E-state index contributed by atoms with van der Waals surface area (Å²) in [7, 11) is 0. The summed E-state index contributed by atoms with van der Waals surface area (Å²) in [5.41, 5.74) is 0.789. The highest BCUT2D eigenvalue weighted by molar-refractivity contribution is 5.85. The molecule has 0 saturated heterocycles. The Morgan fingerprint density at radius 1 is 1.40 bits per heavy atom. The maximum Gasteiger partial charge on any atom is 0.358 e. The fraction of sp³-hybridized carbons (Fsp3) is 0.286. The van der Waals surface area contributed by atoms with E-state index in [0.29, 0.717) is 12.3 Å². The van der Waals surface area contributed by atoms with Gasteiger partial charge in [-0.05, 0) is 38.1 Å². The van der Waals surface area contributed by atoms with Gasteiger partial charge in [0.05, 0.1) is 12.6 Å². The summed E-state index contributed by atoms with van der Waals surface area (Å²) >= 11 is 0. The molecule has 0 radical (unpaired) electrons. The molecule has 2 rings (SSSR count). The Morgan fingerprint density at radius 3 is 2.65 bits per heavy atom. The van der Waals surface area contributed by atoms with Gasteiger partial charge in [0.1, 0.15) is 5.75 Å². The molecule has 0 fully saturated rings. The van der Waals surface area contributed by atoms with Crippen LogP contribution in [-0.4, -0.2) is 22.3 Å². The summed E-state index contributed by atoms with van der Waals surface area (Å²) in [6, 6.07) is 8.89. The first-order chi connectivity index (χ1) is 9.54. The Hall–Kier alpha value is -2.50. The quantitative estimate of drug-likeness (QED) is 0.844. The van der Waals surface area contributed by atoms with Crippen LogP contribution in [-0.2, 0) is 6.54 Å². The Balaban J connectivity index is 1.91. The third kappa shape index (κ3) is 3.74. The van der Waals surface area contributed by atoms with Crippen molar-refractivity contribution in [2.75, 3.05) is 5.32 Å². The monoisotopic (exact) mass is 276 g/mol. The van der Waals surface area contributed by atoms with Crippen molar-refractivity contribution in [1.82, 2.24) is 5.16 Å².